The third-order valence-electron chi connectivity index (χ3n) is 2.64. The zero-order valence-electron chi connectivity index (χ0n) is 10.6. The van der Waals surface area contributed by atoms with Gasteiger partial charge >= 0.3 is 0 Å². The highest BCUT2D eigenvalue weighted by atomic mass is 16.4. The molecule has 19 heavy (non-hydrogen) atoms. The molecule has 0 saturated heterocycles. The summed E-state index contributed by atoms with van der Waals surface area (Å²) in [6.45, 7) is 0.635. The SMILES string of the molecule is CN(Cc1cccc(/C(N)=N/O)c1)c1ncccn1. The second-order valence-corrected chi connectivity index (χ2v) is 4.09. The molecule has 0 aliphatic rings. The minimum absolute atomic E-state index is 0.0977. The molecule has 0 saturated carbocycles. The molecule has 2 aromatic rings. The van der Waals surface area contributed by atoms with Crippen molar-refractivity contribution in [2.75, 3.05) is 11.9 Å². The van der Waals surface area contributed by atoms with Crippen molar-refractivity contribution in [1.82, 2.24) is 9.97 Å². The van der Waals surface area contributed by atoms with Crippen molar-refractivity contribution in [3.8, 4) is 0 Å². The Labute approximate surface area is 111 Å². The van der Waals surface area contributed by atoms with Crippen LogP contribution in [0.3, 0.4) is 0 Å². The standard InChI is InChI=1S/C13H15N5O/c1-18(13-15-6-3-7-16-13)9-10-4-2-5-11(8-10)12(14)17-19/h2-8,19H,9H2,1H3,(H2,14,17). The number of aromatic nitrogens is 2. The average Bonchev–Trinajstić information content (AvgIpc) is 2.47. The second kappa shape index (κ2) is 5.81. The quantitative estimate of drug-likeness (QED) is 0.372. The van der Waals surface area contributed by atoms with E-state index in [1.807, 2.05) is 30.1 Å². The molecule has 0 radical (unpaired) electrons. The van der Waals surface area contributed by atoms with Crippen molar-refractivity contribution in [3.05, 3.63) is 53.9 Å². The summed E-state index contributed by atoms with van der Waals surface area (Å²) in [4.78, 5) is 10.3. The number of nitrogens with two attached hydrogens (primary N) is 1. The summed E-state index contributed by atoms with van der Waals surface area (Å²) in [6, 6.07) is 9.26. The zero-order valence-corrected chi connectivity index (χ0v) is 10.6. The maximum Gasteiger partial charge on any atom is 0.225 e. The number of hydrogen-bond donors (Lipinski definition) is 2. The van der Waals surface area contributed by atoms with Gasteiger partial charge in [0.1, 0.15) is 0 Å². The van der Waals surface area contributed by atoms with E-state index in [1.54, 1.807) is 24.5 Å². The lowest BCUT2D eigenvalue weighted by Gasteiger charge is -2.16. The van der Waals surface area contributed by atoms with Crippen molar-refractivity contribution in [3.63, 3.8) is 0 Å². The van der Waals surface area contributed by atoms with Gasteiger partial charge in [0, 0.05) is 31.5 Å². The number of hydrogen-bond acceptors (Lipinski definition) is 5. The lowest BCUT2D eigenvalue weighted by atomic mass is 10.1. The summed E-state index contributed by atoms with van der Waals surface area (Å²) < 4.78 is 0. The summed E-state index contributed by atoms with van der Waals surface area (Å²) in [6.07, 6.45) is 3.40. The van der Waals surface area contributed by atoms with E-state index in [9.17, 15) is 0 Å². The van der Waals surface area contributed by atoms with Crippen molar-refractivity contribution < 1.29 is 5.21 Å². The van der Waals surface area contributed by atoms with E-state index in [-0.39, 0.29) is 5.84 Å². The Kier molecular flexibility index (Phi) is 3.92. The van der Waals surface area contributed by atoms with Crippen LogP contribution in [-0.2, 0) is 6.54 Å². The van der Waals surface area contributed by atoms with Crippen molar-refractivity contribution in [2.24, 2.45) is 10.9 Å². The van der Waals surface area contributed by atoms with Crippen molar-refractivity contribution in [2.45, 2.75) is 6.54 Å². The summed E-state index contributed by atoms with van der Waals surface area (Å²) >= 11 is 0. The molecule has 0 bridgehead atoms. The van der Waals surface area contributed by atoms with Crippen LogP contribution in [-0.4, -0.2) is 28.1 Å². The van der Waals surface area contributed by atoms with Gasteiger partial charge < -0.3 is 15.8 Å². The number of benzene rings is 1. The molecule has 0 aliphatic heterocycles. The van der Waals surface area contributed by atoms with Gasteiger partial charge in [0.25, 0.3) is 0 Å². The summed E-state index contributed by atoms with van der Waals surface area (Å²) in [5.74, 6) is 0.747. The molecule has 6 nitrogen and oxygen atoms in total. The van der Waals surface area contributed by atoms with Crippen molar-refractivity contribution in [1.29, 1.82) is 0 Å². The average molecular weight is 257 g/mol. The highest BCUT2D eigenvalue weighted by Crippen LogP contribution is 2.11. The maximum absolute atomic E-state index is 8.67. The number of amidine groups is 1. The molecule has 0 spiro atoms. The molecule has 0 aliphatic carbocycles. The number of rotatable bonds is 4. The van der Waals surface area contributed by atoms with Crippen LogP contribution in [0.4, 0.5) is 5.95 Å². The van der Waals surface area contributed by atoms with E-state index in [0.717, 1.165) is 5.56 Å². The second-order valence-electron chi connectivity index (χ2n) is 4.09. The first-order valence-electron chi connectivity index (χ1n) is 5.75. The first-order chi connectivity index (χ1) is 9.20. The van der Waals surface area contributed by atoms with Crippen LogP contribution in [0.5, 0.6) is 0 Å². The minimum Gasteiger partial charge on any atom is -0.409 e. The zero-order chi connectivity index (χ0) is 13.7. The molecule has 0 fully saturated rings. The van der Waals surface area contributed by atoms with Gasteiger partial charge in [0.15, 0.2) is 5.84 Å². The van der Waals surface area contributed by atoms with Gasteiger partial charge in [0.2, 0.25) is 5.95 Å². The van der Waals surface area contributed by atoms with E-state index in [2.05, 4.69) is 15.1 Å². The normalized spacial score (nSPS) is 11.3. The molecular weight excluding hydrogens is 242 g/mol. The van der Waals surface area contributed by atoms with Crippen molar-refractivity contribution >= 4 is 11.8 Å². The van der Waals surface area contributed by atoms with Crippen LogP contribution >= 0.6 is 0 Å². The Balaban J connectivity index is 2.16. The lowest BCUT2D eigenvalue weighted by molar-refractivity contribution is 0.318. The van der Waals surface area contributed by atoms with Gasteiger partial charge in [-0.3, -0.25) is 0 Å². The number of oxime groups is 1. The van der Waals surface area contributed by atoms with Crippen LogP contribution < -0.4 is 10.6 Å². The van der Waals surface area contributed by atoms with Gasteiger partial charge in [-0.25, -0.2) is 9.97 Å². The predicted molar refractivity (Wildman–Crippen MR) is 73.1 cm³/mol. The topological polar surface area (TPSA) is 87.6 Å². The van der Waals surface area contributed by atoms with Gasteiger partial charge in [-0.05, 0) is 17.7 Å². The van der Waals surface area contributed by atoms with Crippen LogP contribution in [0.25, 0.3) is 0 Å². The van der Waals surface area contributed by atoms with Crippen LogP contribution in [0.15, 0.2) is 47.9 Å². The molecular formula is C13H15N5O. The monoisotopic (exact) mass is 257 g/mol. The Hall–Kier alpha value is -2.63. The molecule has 2 rings (SSSR count). The van der Waals surface area contributed by atoms with Gasteiger partial charge in [-0.2, -0.15) is 0 Å². The Morgan fingerprint density at radius 3 is 2.74 bits per heavy atom. The van der Waals surface area contributed by atoms with E-state index in [0.29, 0.717) is 18.1 Å². The Morgan fingerprint density at radius 2 is 2.05 bits per heavy atom. The molecule has 98 valence electrons. The maximum atomic E-state index is 8.67. The fourth-order valence-corrected chi connectivity index (χ4v) is 1.72. The summed E-state index contributed by atoms with van der Waals surface area (Å²) in [5.41, 5.74) is 7.28. The Bertz CT molecular complexity index is 570. The van der Waals surface area contributed by atoms with Crippen LogP contribution in [0.2, 0.25) is 0 Å². The molecule has 0 atom stereocenters. The third kappa shape index (κ3) is 3.19. The number of anilines is 1. The molecule has 1 aromatic heterocycles. The van der Waals surface area contributed by atoms with Gasteiger partial charge in [-0.1, -0.05) is 23.4 Å². The lowest BCUT2D eigenvalue weighted by Crippen LogP contribution is -2.19. The van der Waals surface area contributed by atoms with E-state index >= 15 is 0 Å². The largest absolute Gasteiger partial charge is 0.409 e. The minimum atomic E-state index is 0.0977. The van der Waals surface area contributed by atoms with Crippen LogP contribution in [0.1, 0.15) is 11.1 Å². The van der Waals surface area contributed by atoms with Gasteiger partial charge in [0.05, 0.1) is 0 Å². The molecule has 1 heterocycles. The highest BCUT2D eigenvalue weighted by molar-refractivity contribution is 5.97. The molecule has 0 unspecified atom stereocenters. The third-order valence-corrected chi connectivity index (χ3v) is 2.64. The molecule has 1 aromatic carbocycles. The van der Waals surface area contributed by atoms with Crippen LogP contribution in [0, 0.1) is 0 Å². The highest BCUT2D eigenvalue weighted by Gasteiger charge is 2.06. The predicted octanol–water partition coefficient (Wildman–Crippen LogP) is 1.21. The van der Waals surface area contributed by atoms with E-state index in [4.69, 9.17) is 10.9 Å². The fraction of sp³-hybridized carbons (Fsp3) is 0.154. The molecule has 3 N–H and O–H groups in total. The van der Waals surface area contributed by atoms with E-state index < -0.39 is 0 Å². The number of nitrogens with zero attached hydrogens (tertiary/aromatic N) is 4. The first kappa shape index (κ1) is 12.8. The van der Waals surface area contributed by atoms with E-state index in [1.165, 1.54) is 0 Å². The summed E-state index contributed by atoms with van der Waals surface area (Å²) in [5, 5.41) is 11.7. The summed E-state index contributed by atoms with van der Waals surface area (Å²) in [7, 11) is 1.91. The first-order valence-corrected chi connectivity index (χ1v) is 5.75. The molecule has 6 heteroatoms. The molecule has 0 amide bonds. The fourth-order valence-electron chi connectivity index (χ4n) is 1.72. The smallest absolute Gasteiger partial charge is 0.225 e. The Morgan fingerprint density at radius 1 is 1.32 bits per heavy atom. The van der Waals surface area contributed by atoms with Gasteiger partial charge in [-0.15, -0.1) is 0 Å².